The summed E-state index contributed by atoms with van der Waals surface area (Å²) < 4.78 is 13.3. The van der Waals surface area contributed by atoms with Crippen LogP contribution in [0.1, 0.15) is 15.9 Å². The predicted octanol–water partition coefficient (Wildman–Crippen LogP) is 2.61. The van der Waals surface area contributed by atoms with Crippen molar-refractivity contribution in [2.75, 3.05) is 11.4 Å². The Morgan fingerprint density at radius 2 is 2.21 bits per heavy atom. The molecule has 0 fully saturated rings. The molecule has 0 atom stereocenters. The van der Waals surface area contributed by atoms with E-state index in [-0.39, 0.29) is 11.4 Å². The first kappa shape index (κ1) is 11.6. The number of halogens is 1. The molecule has 19 heavy (non-hydrogen) atoms. The first-order valence-corrected chi connectivity index (χ1v) is 5.91. The smallest absolute Gasteiger partial charge is 0.339 e. The van der Waals surface area contributed by atoms with Crippen LogP contribution in [0.5, 0.6) is 0 Å². The summed E-state index contributed by atoms with van der Waals surface area (Å²) in [4.78, 5) is 17.1. The third-order valence-corrected chi connectivity index (χ3v) is 3.22. The molecule has 0 saturated carbocycles. The molecule has 96 valence electrons. The number of carboxylic acid groups (broad SMARTS) is 1. The molecule has 5 heteroatoms. The first-order chi connectivity index (χ1) is 9.16. The van der Waals surface area contributed by atoms with Crippen molar-refractivity contribution in [3.8, 4) is 0 Å². The summed E-state index contributed by atoms with van der Waals surface area (Å²) in [5, 5.41) is 9.19. The molecule has 2 heterocycles. The van der Waals surface area contributed by atoms with Crippen molar-refractivity contribution < 1.29 is 14.3 Å². The Hall–Kier alpha value is -2.43. The molecule has 1 aliphatic rings. The van der Waals surface area contributed by atoms with Gasteiger partial charge in [-0.3, -0.25) is 0 Å². The number of aromatic nitrogens is 1. The lowest BCUT2D eigenvalue weighted by atomic mass is 10.1. The number of benzene rings is 1. The topological polar surface area (TPSA) is 53.4 Å². The lowest BCUT2D eigenvalue weighted by Crippen LogP contribution is -2.18. The highest BCUT2D eigenvalue weighted by molar-refractivity contribution is 5.94. The summed E-state index contributed by atoms with van der Waals surface area (Å²) in [6, 6.07) is 7.65. The number of hydrogen-bond donors (Lipinski definition) is 1. The second-order valence-corrected chi connectivity index (χ2v) is 4.35. The van der Waals surface area contributed by atoms with E-state index in [0.29, 0.717) is 18.1 Å². The number of nitrogens with zero attached hydrogens (tertiary/aromatic N) is 2. The summed E-state index contributed by atoms with van der Waals surface area (Å²) in [6.07, 6.45) is 2.30. The van der Waals surface area contributed by atoms with Crippen molar-refractivity contribution in [1.82, 2.24) is 4.98 Å². The molecular formula is C14H11FN2O2. The zero-order valence-electron chi connectivity index (χ0n) is 10.0. The molecule has 0 aliphatic carbocycles. The number of carbonyl (C=O) groups is 1. The number of pyridine rings is 1. The predicted molar refractivity (Wildman–Crippen MR) is 68.3 cm³/mol. The maximum atomic E-state index is 13.3. The minimum absolute atomic E-state index is 0.125. The minimum atomic E-state index is -1.03. The van der Waals surface area contributed by atoms with Gasteiger partial charge in [0.15, 0.2) is 0 Å². The highest BCUT2D eigenvalue weighted by atomic mass is 19.1. The Morgan fingerprint density at radius 1 is 1.37 bits per heavy atom. The fraction of sp³-hybridized carbons (Fsp3) is 0.143. The zero-order valence-corrected chi connectivity index (χ0v) is 10.0. The van der Waals surface area contributed by atoms with Crippen LogP contribution in [0.4, 0.5) is 15.9 Å². The van der Waals surface area contributed by atoms with Crippen LogP contribution in [-0.4, -0.2) is 22.6 Å². The average Bonchev–Trinajstić information content (AvgIpc) is 2.81. The number of fused-ring (bicyclic) bond motifs is 1. The van der Waals surface area contributed by atoms with Gasteiger partial charge in [0.2, 0.25) is 0 Å². The van der Waals surface area contributed by atoms with E-state index in [1.807, 2.05) is 0 Å². The fourth-order valence-electron chi connectivity index (χ4n) is 2.35. The van der Waals surface area contributed by atoms with Gasteiger partial charge in [-0.05, 0) is 36.2 Å². The second kappa shape index (κ2) is 4.35. The van der Waals surface area contributed by atoms with Crippen LogP contribution >= 0.6 is 0 Å². The Bertz CT molecular complexity index is 658. The molecule has 3 rings (SSSR count). The van der Waals surface area contributed by atoms with Crippen molar-refractivity contribution in [3.63, 3.8) is 0 Å². The van der Waals surface area contributed by atoms with Gasteiger partial charge in [-0.2, -0.15) is 0 Å². The molecule has 1 aliphatic heterocycles. The molecule has 0 unspecified atom stereocenters. The van der Waals surface area contributed by atoms with E-state index in [4.69, 9.17) is 0 Å². The van der Waals surface area contributed by atoms with E-state index in [1.54, 1.807) is 23.2 Å². The third kappa shape index (κ3) is 1.93. The normalized spacial score (nSPS) is 13.4. The van der Waals surface area contributed by atoms with E-state index < -0.39 is 5.97 Å². The minimum Gasteiger partial charge on any atom is -0.478 e. The van der Waals surface area contributed by atoms with E-state index in [9.17, 15) is 14.3 Å². The van der Waals surface area contributed by atoms with Crippen LogP contribution < -0.4 is 4.90 Å². The highest BCUT2D eigenvalue weighted by Crippen LogP contribution is 2.35. The summed E-state index contributed by atoms with van der Waals surface area (Å²) in [5.74, 6) is -1.01. The molecular weight excluding hydrogens is 247 g/mol. The lowest BCUT2D eigenvalue weighted by molar-refractivity contribution is 0.0697. The number of hydrogen-bond acceptors (Lipinski definition) is 3. The maximum absolute atomic E-state index is 13.3. The van der Waals surface area contributed by atoms with Gasteiger partial charge in [0.1, 0.15) is 17.2 Å². The molecule has 1 aromatic carbocycles. The van der Waals surface area contributed by atoms with Crippen LogP contribution in [0.2, 0.25) is 0 Å². The summed E-state index contributed by atoms with van der Waals surface area (Å²) >= 11 is 0. The van der Waals surface area contributed by atoms with Crippen molar-refractivity contribution in [2.45, 2.75) is 6.42 Å². The first-order valence-electron chi connectivity index (χ1n) is 5.91. The van der Waals surface area contributed by atoms with Gasteiger partial charge in [-0.1, -0.05) is 6.07 Å². The van der Waals surface area contributed by atoms with E-state index >= 15 is 0 Å². The number of carboxylic acids is 1. The quantitative estimate of drug-likeness (QED) is 0.899. The van der Waals surface area contributed by atoms with Crippen LogP contribution in [0.25, 0.3) is 0 Å². The Morgan fingerprint density at radius 3 is 3.00 bits per heavy atom. The van der Waals surface area contributed by atoms with Gasteiger partial charge >= 0.3 is 5.97 Å². The van der Waals surface area contributed by atoms with Crippen LogP contribution in [-0.2, 0) is 6.42 Å². The van der Waals surface area contributed by atoms with E-state index in [2.05, 4.69) is 4.98 Å². The van der Waals surface area contributed by atoms with Crippen LogP contribution in [0, 0.1) is 5.82 Å². The number of rotatable bonds is 2. The zero-order chi connectivity index (χ0) is 13.4. The average molecular weight is 258 g/mol. The summed E-state index contributed by atoms with van der Waals surface area (Å²) in [5.41, 5.74) is 1.82. The molecule has 0 radical (unpaired) electrons. The number of aromatic carboxylic acids is 1. The van der Waals surface area contributed by atoms with Gasteiger partial charge in [-0.15, -0.1) is 0 Å². The Labute approximate surface area is 109 Å². The van der Waals surface area contributed by atoms with Crippen molar-refractivity contribution in [3.05, 3.63) is 53.5 Å². The highest BCUT2D eigenvalue weighted by Gasteiger charge is 2.25. The summed E-state index contributed by atoms with van der Waals surface area (Å²) in [7, 11) is 0. The van der Waals surface area contributed by atoms with Gasteiger partial charge < -0.3 is 10.0 Å². The Balaban J connectivity index is 2.11. The largest absolute Gasteiger partial charge is 0.478 e. The molecule has 0 bridgehead atoms. The summed E-state index contributed by atoms with van der Waals surface area (Å²) in [6.45, 7) is 0.607. The Kier molecular flexibility index (Phi) is 2.67. The molecule has 1 N–H and O–H groups in total. The molecule has 0 saturated heterocycles. The van der Waals surface area contributed by atoms with E-state index in [1.165, 1.54) is 18.2 Å². The SMILES string of the molecule is O=C(O)c1cccnc1N1CCc2ccc(F)cc21. The fourth-order valence-corrected chi connectivity index (χ4v) is 2.35. The standard InChI is InChI=1S/C14H11FN2O2/c15-10-4-3-9-5-7-17(12(9)8-10)13-11(14(18)19)2-1-6-16-13/h1-4,6,8H,5,7H2,(H,18,19). The van der Waals surface area contributed by atoms with Crippen LogP contribution in [0.3, 0.4) is 0 Å². The number of anilines is 2. The van der Waals surface area contributed by atoms with Gasteiger partial charge in [-0.25, -0.2) is 14.2 Å². The molecule has 4 nitrogen and oxygen atoms in total. The molecule has 2 aromatic rings. The monoisotopic (exact) mass is 258 g/mol. The molecule has 0 amide bonds. The van der Waals surface area contributed by atoms with Gasteiger partial charge in [0.25, 0.3) is 0 Å². The lowest BCUT2D eigenvalue weighted by Gasteiger charge is -2.19. The molecule has 0 spiro atoms. The second-order valence-electron chi connectivity index (χ2n) is 4.35. The van der Waals surface area contributed by atoms with E-state index in [0.717, 1.165) is 12.0 Å². The van der Waals surface area contributed by atoms with Gasteiger partial charge in [0, 0.05) is 18.4 Å². The molecule has 1 aromatic heterocycles. The van der Waals surface area contributed by atoms with Crippen molar-refractivity contribution in [2.24, 2.45) is 0 Å². The van der Waals surface area contributed by atoms with Crippen molar-refractivity contribution in [1.29, 1.82) is 0 Å². The van der Waals surface area contributed by atoms with Gasteiger partial charge in [0.05, 0.1) is 0 Å². The van der Waals surface area contributed by atoms with Crippen LogP contribution in [0.15, 0.2) is 36.5 Å². The third-order valence-electron chi connectivity index (χ3n) is 3.22. The maximum Gasteiger partial charge on any atom is 0.339 e. The van der Waals surface area contributed by atoms with Crippen molar-refractivity contribution >= 4 is 17.5 Å².